The number of methoxy groups -OCH3 is 1. The third-order valence-corrected chi connectivity index (χ3v) is 20.8. The van der Waals surface area contributed by atoms with Crippen molar-refractivity contribution in [1.29, 1.82) is 0 Å². The summed E-state index contributed by atoms with van der Waals surface area (Å²) in [6, 6.07) is 47.3. The summed E-state index contributed by atoms with van der Waals surface area (Å²) < 4.78 is 146. The normalized spacial score (nSPS) is 11.5. The summed E-state index contributed by atoms with van der Waals surface area (Å²) in [4.78, 5) is 37.0. The van der Waals surface area contributed by atoms with Gasteiger partial charge in [0.15, 0.2) is 46.5 Å². The summed E-state index contributed by atoms with van der Waals surface area (Å²) in [5, 5.41) is 29.7. The van der Waals surface area contributed by atoms with Crippen LogP contribution in [0.2, 0.25) is 0 Å². The highest BCUT2D eigenvalue weighted by Crippen LogP contribution is 2.34. The molecule has 102 heavy (non-hydrogen) atoms. The first-order valence-corrected chi connectivity index (χ1v) is 36.7. The molecule has 0 amide bonds. The number of hydrogen-bond donors (Lipinski definition) is 8. The van der Waals surface area contributed by atoms with E-state index in [4.69, 9.17) is 9.84 Å². The molecule has 0 bridgehead atoms. The molecule has 0 fully saturated rings. The first-order chi connectivity index (χ1) is 48.6. The minimum Gasteiger partial charge on any atom is -0.494 e. The quantitative estimate of drug-likeness (QED) is 0.0373. The van der Waals surface area contributed by atoms with Gasteiger partial charge in [0.05, 0.1) is 82.7 Å². The third kappa shape index (κ3) is 15.6. The summed E-state index contributed by atoms with van der Waals surface area (Å²) in [6.45, 7) is 2.33. The second kappa shape index (κ2) is 29.6. The smallest absolute Gasteiger partial charge is 0.338 e. The number of aromatic nitrogens is 9. The van der Waals surface area contributed by atoms with Gasteiger partial charge in [-0.05, 0) is 187 Å². The van der Waals surface area contributed by atoms with Gasteiger partial charge in [0, 0.05) is 55.9 Å². The second-order valence-corrected chi connectivity index (χ2v) is 28.5. The molecule has 0 atom stereocenters. The molecule has 516 valence electrons. The van der Waals surface area contributed by atoms with Crippen molar-refractivity contribution in [3.8, 4) is 5.75 Å². The molecule has 6 aromatic heterocycles. The highest BCUT2D eigenvalue weighted by atomic mass is 32.2. The number of hydrogen-bond acceptors (Lipinski definition) is 24. The molecule has 0 unspecified atom stereocenters. The van der Waals surface area contributed by atoms with Crippen LogP contribution in [-0.4, -0.2) is 93.0 Å². The molecule has 25 nitrogen and oxygen atoms in total. The van der Waals surface area contributed by atoms with E-state index in [0.717, 1.165) is 57.0 Å². The Morgan fingerprint density at radius 2 is 0.755 bits per heavy atom. The average molecular weight is 1490 g/mol. The second-order valence-electron chi connectivity index (χ2n) is 21.6. The monoisotopic (exact) mass is 1490 g/mol. The standard InChI is InChI=1S/C23H19FN6O2S2.C22H14FN5O4S2.C22H16FN5O3S2.CH4/c1-2-25-19-10-8-16(12-17(19)24)34(31,32)30-23-22(27-20-5-3-4-6-21(20)28-23)26-15-7-9-18-14(11-15)13-33-29-18;23-16-10-14(6-7-15(16)22(29)30)34(31,32)28-21-20(25-18-3-1-2-4-19(18)26-21)24-13-5-8-17-12(9-13)11-33-27-17;1-31-20-9-7-15(11-16(20)23)33(29,30)28-22-21(25-18-4-2-3-5-19(18)26-22)24-14-6-8-17-13(10-14)12-32-27-17;/h3-13,25H,2H2,1H3,(H,26,27)(H,28,30);1-11H,(H,24,25)(H,26,28)(H,29,30);2-12H,1H3,(H,24,25)(H,26,28);1H4. The lowest BCUT2D eigenvalue weighted by atomic mass is 10.2. The maximum absolute atomic E-state index is 14.4. The summed E-state index contributed by atoms with van der Waals surface area (Å²) in [7, 11) is -11.3. The van der Waals surface area contributed by atoms with E-state index in [2.05, 4.69) is 78.5 Å². The minimum absolute atomic E-state index is 0. The fraction of sp³-hybridized carbons (Fsp3) is 0.0588. The Labute approximate surface area is 591 Å². The van der Waals surface area contributed by atoms with Crippen molar-refractivity contribution in [2.75, 3.05) is 49.1 Å². The topological polar surface area (TPSA) is 349 Å². The fourth-order valence-electron chi connectivity index (χ4n) is 9.94. The predicted octanol–water partition coefficient (Wildman–Crippen LogP) is 15.5. The number of carboxylic acid groups (broad SMARTS) is 1. The predicted molar refractivity (Wildman–Crippen MR) is 393 cm³/mol. The van der Waals surface area contributed by atoms with Gasteiger partial charge >= 0.3 is 5.97 Å². The first-order valence-electron chi connectivity index (χ1n) is 29.8. The van der Waals surface area contributed by atoms with Crippen molar-refractivity contribution in [1.82, 2.24) is 43.0 Å². The summed E-state index contributed by atoms with van der Waals surface area (Å²) >= 11 is 4.01. The van der Waals surface area contributed by atoms with Crippen LogP contribution >= 0.6 is 34.6 Å². The Balaban J connectivity index is 0.000000144. The molecule has 34 heteroatoms. The van der Waals surface area contributed by atoms with E-state index in [1.54, 1.807) is 66.7 Å². The number of fused-ring (bicyclic) bond motifs is 6. The van der Waals surface area contributed by atoms with Crippen LogP contribution < -0.4 is 40.2 Å². The summed E-state index contributed by atoms with van der Waals surface area (Å²) in [5.41, 5.74) is 7.31. The van der Waals surface area contributed by atoms with E-state index in [-0.39, 0.29) is 63.6 Å². The van der Waals surface area contributed by atoms with E-state index >= 15 is 0 Å². The number of sulfonamides is 3. The molecule has 0 aliphatic carbocycles. The highest BCUT2D eigenvalue weighted by Gasteiger charge is 2.25. The Morgan fingerprint density at radius 3 is 1.08 bits per heavy atom. The lowest BCUT2D eigenvalue weighted by Gasteiger charge is -2.14. The molecule has 0 aliphatic heterocycles. The van der Waals surface area contributed by atoms with Crippen LogP contribution in [0.25, 0.3) is 65.8 Å². The van der Waals surface area contributed by atoms with Gasteiger partial charge in [0.25, 0.3) is 30.1 Å². The number of para-hydroxylation sites is 6. The number of rotatable bonds is 19. The molecule has 6 heterocycles. The van der Waals surface area contributed by atoms with Gasteiger partial charge < -0.3 is 31.1 Å². The number of carboxylic acids is 1. The molecule has 0 spiro atoms. The number of aromatic carboxylic acids is 1. The van der Waals surface area contributed by atoms with Gasteiger partial charge in [-0.15, -0.1) is 0 Å². The number of halogens is 3. The number of nitrogens with one attached hydrogen (secondary N) is 7. The third-order valence-electron chi connectivity index (χ3n) is 14.8. The minimum atomic E-state index is -4.32. The lowest BCUT2D eigenvalue weighted by molar-refractivity contribution is 0.0691. The Hall–Kier alpha value is -11.8. The van der Waals surface area contributed by atoms with Crippen molar-refractivity contribution < 1.29 is 53.1 Å². The van der Waals surface area contributed by atoms with Crippen LogP contribution in [0.1, 0.15) is 24.7 Å². The van der Waals surface area contributed by atoms with E-state index in [1.165, 1.54) is 66.0 Å². The highest BCUT2D eigenvalue weighted by molar-refractivity contribution is 7.93. The van der Waals surface area contributed by atoms with Crippen LogP contribution in [0.15, 0.2) is 213 Å². The van der Waals surface area contributed by atoms with Gasteiger partial charge in [-0.3, -0.25) is 14.2 Å². The van der Waals surface area contributed by atoms with Crippen LogP contribution in [0, 0.1) is 17.5 Å². The number of ether oxygens (including phenoxy) is 1. The number of nitrogens with zero attached hydrogens (tertiary/aromatic N) is 9. The molecule has 0 radical (unpaired) electrons. The average Bonchev–Trinajstić information content (AvgIpc) is 1.74. The molecule has 8 N–H and O–H groups in total. The number of benzene rings is 9. The Kier molecular flexibility index (Phi) is 20.3. The molecule has 15 aromatic rings. The maximum atomic E-state index is 14.4. The van der Waals surface area contributed by atoms with Gasteiger partial charge in [0.2, 0.25) is 0 Å². The molecule has 0 aliphatic rings. The first kappa shape index (κ1) is 70.1. The van der Waals surface area contributed by atoms with Gasteiger partial charge in [0.1, 0.15) is 11.6 Å². The van der Waals surface area contributed by atoms with Gasteiger partial charge in [-0.25, -0.2) is 73.1 Å². The van der Waals surface area contributed by atoms with Gasteiger partial charge in [-0.1, -0.05) is 43.8 Å². The van der Waals surface area contributed by atoms with Crippen molar-refractivity contribution in [3.05, 3.63) is 221 Å². The molecule has 9 aromatic carbocycles. The van der Waals surface area contributed by atoms with Crippen molar-refractivity contribution in [2.24, 2.45) is 0 Å². The zero-order valence-electron chi connectivity index (χ0n) is 52.1. The molecule has 0 saturated heterocycles. The van der Waals surface area contributed by atoms with E-state index in [1.807, 2.05) is 83.7 Å². The Morgan fingerprint density at radius 1 is 0.422 bits per heavy atom. The molecular formula is C68H53F3N16O9S6. The zero-order valence-corrected chi connectivity index (χ0v) is 57.0. The molecule has 0 saturated carbocycles. The van der Waals surface area contributed by atoms with Crippen LogP contribution in [-0.2, 0) is 30.1 Å². The summed E-state index contributed by atoms with van der Waals surface area (Å²) in [6.07, 6.45) is 0. The van der Waals surface area contributed by atoms with Crippen molar-refractivity contribution in [3.63, 3.8) is 0 Å². The van der Waals surface area contributed by atoms with E-state index in [0.29, 0.717) is 62.8 Å². The Bertz CT molecular complexity index is 6080. The summed E-state index contributed by atoms with van der Waals surface area (Å²) in [5.74, 6) is -3.76. The fourth-order valence-corrected chi connectivity index (χ4v) is 14.9. The van der Waals surface area contributed by atoms with E-state index in [9.17, 15) is 43.2 Å². The van der Waals surface area contributed by atoms with Crippen molar-refractivity contribution >= 4 is 194 Å². The molecule has 15 rings (SSSR count). The van der Waals surface area contributed by atoms with Crippen LogP contribution in [0.5, 0.6) is 5.75 Å². The van der Waals surface area contributed by atoms with Crippen molar-refractivity contribution in [2.45, 2.75) is 29.0 Å². The largest absolute Gasteiger partial charge is 0.494 e. The maximum Gasteiger partial charge on any atom is 0.338 e. The number of carbonyl (C=O) groups is 1. The SMILES string of the molecule is C.CCNc1ccc(S(=O)(=O)Nc2nc3ccccc3nc2Nc2ccc3nscc3c2)cc1F.COc1ccc(S(=O)(=O)Nc2nc3ccccc3nc2Nc2ccc3nscc3c2)cc1F.O=C(O)c1ccc(S(=O)(=O)Nc2nc3ccccc3nc2Nc2ccc3nscc3c2)cc1F. The van der Waals surface area contributed by atoms with E-state index < -0.39 is 63.9 Å². The molecular weight excluding hydrogens is 1430 g/mol. The zero-order chi connectivity index (χ0) is 70.6. The van der Waals surface area contributed by atoms with Crippen LogP contribution in [0.4, 0.5) is 70.8 Å². The number of anilines is 10. The van der Waals surface area contributed by atoms with Gasteiger partial charge in [-0.2, -0.15) is 13.1 Å². The lowest BCUT2D eigenvalue weighted by Crippen LogP contribution is -2.16. The van der Waals surface area contributed by atoms with Crippen LogP contribution in [0.3, 0.4) is 0 Å².